The topological polar surface area (TPSA) is 21.3 Å². The Kier molecular flexibility index (Phi) is 2.40. The molecule has 0 saturated carbocycles. The average Bonchev–Trinajstić information content (AvgIpc) is 2.38. The predicted molar refractivity (Wildman–Crippen MR) is 64.2 cm³/mol. The van der Waals surface area contributed by atoms with Crippen molar-refractivity contribution in [1.29, 1.82) is 0 Å². The Morgan fingerprint density at radius 3 is 2.13 bits per heavy atom. The Morgan fingerprint density at radius 2 is 1.67 bits per heavy atom. The first-order valence-corrected chi connectivity index (χ1v) is 5.43. The van der Waals surface area contributed by atoms with Gasteiger partial charge in [-0.25, -0.2) is 0 Å². The minimum atomic E-state index is -0.145. The predicted octanol–water partition coefficient (Wildman–Crippen LogP) is 1.56. The van der Waals surface area contributed by atoms with E-state index in [-0.39, 0.29) is 18.2 Å². The van der Waals surface area contributed by atoms with Gasteiger partial charge in [-0.15, -0.1) is 0 Å². The van der Waals surface area contributed by atoms with Crippen LogP contribution in [0.2, 0.25) is 0 Å². The maximum absolute atomic E-state index is 6.04. The lowest BCUT2D eigenvalue weighted by atomic mass is 9.73. The number of nitrogens with one attached hydrogen (secondary N) is 1. The highest BCUT2D eigenvalue weighted by Gasteiger charge is 2.49. The minimum Gasteiger partial charge on any atom is -0.411 e. The summed E-state index contributed by atoms with van der Waals surface area (Å²) in [4.78, 5) is 0. The summed E-state index contributed by atoms with van der Waals surface area (Å²) in [5.74, 6) is 0. The van der Waals surface area contributed by atoms with Gasteiger partial charge in [0.1, 0.15) is 0 Å². The highest BCUT2D eigenvalue weighted by molar-refractivity contribution is 6.65. The molecule has 15 heavy (non-hydrogen) atoms. The minimum absolute atomic E-state index is 0.00644. The van der Waals surface area contributed by atoms with Gasteiger partial charge in [-0.3, -0.25) is 0 Å². The van der Waals surface area contributed by atoms with Gasteiger partial charge in [0.05, 0.1) is 5.60 Å². The molecule has 1 aromatic rings. The maximum atomic E-state index is 6.04. The molecule has 1 fully saturated rings. The quantitative estimate of drug-likeness (QED) is 0.699. The van der Waals surface area contributed by atoms with Gasteiger partial charge < -0.3 is 9.88 Å². The summed E-state index contributed by atoms with van der Waals surface area (Å²) in [6.45, 7) is 8.61. The largest absolute Gasteiger partial charge is 0.416 e. The van der Waals surface area contributed by atoms with E-state index in [1.54, 1.807) is 0 Å². The zero-order valence-electron chi connectivity index (χ0n) is 9.87. The van der Waals surface area contributed by atoms with Crippen LogP contribution < -0.4 is 10.7 Å². The van der Waals surface area contributed by atoms with Gasteiger partial charge in [0.25, 0.3) is 0 Å². The standard InChI is InChI=1S/C12H18BNO/c1-11(2)12(3,4)15-13(14-11)10-8-6-5-7-9-10/h5-9,14H,1-4H3. The van der Waals surface area contributed by atoms with Crippen molar-refractivity contribution >= 4 is 12.5 Å². The van der Waals surface area contributed by atoms with Gasteiger partial charge in [0, 0.05) is 5.54 Å². The third-order valence-electron chi connectivity index (χ3n) is 3.51. The molecule has 80 valence electrons. The first-order chi connectivity index (χ1) is 6.92. The molecule has 0 spiro atoms. The molecule has 0 radical (unpaired) electrons. The summed E-state index contributed by atoms with van der Waals surface area (Å²) in [5.41, 5.74) is 1.04. The van der Waals surface area contributed by atoms with E-state index in [1.807, 2.05) is 18.2 Å². The first kappa shape index (κ1) is 10.7. The molecule has 3 heteroatoms. The number of hydrogen-bond donors (Lipinski definition) is 1. The number of hydrogen-bond acceptors (Lipinski definition) is 2. The van der Waals surface area contributed by atoms with Gasteiger partial charge in [-0.05, 0) is 33.2 Å². The lowest BCUT2D eigenvalue weighted by Crippen LogP contribution is -2.51. The number of benzene rings is 1. The van der Waals surface area contributed by atoms with Gasteiger partial charge in [-0.2, -0.15) is 0 Å². The highest BCUT2D eigenvalue weighted by atomic mass is 16.5. The molecular formula is C12H18BNO. The van der Waals surface area contributed by atoms with Crippen LogP contribution >= 0.6 is 0 Å². The summed E-state index contributed by atoms with van der Waals surface area (Å²) < 4.78 is 6.04. The highest BCUT2D eigenvalue weighted by Crippen LogP contribution is 2.31. The molecule has 0 aromatic heterocycles. The molecule has 1 saturated heterocycles. The Labute approximate surface area is 92.2 Å². The third kappa shape index (κ3) is 1.82. The Balaban J connectivity index is 2.24. The molecule has 0 atom stereocenters. The van der Waals surface area contributed by atoms with Crippen LogP contribution in [-0.2, 0) is 4.65 Å². The molecule has 0 bridgehead atoms. The SMILES string of the molecule is CC1(C)NB(c2ccccc2)OC1(C)C. The van der Waals surface area contributed by atoms with E-state index in [0.717, 1.165) is 0 Å². The normalized spacial score (nSPS) is 23.1. The van der Waals surface area contributed by atoms with Crippen LogP contribution in [-0.4, -0.2) is 18.2 Å². The van der Waals surface area contributed by atoms with Crippen molar-refractivity contribution in [2.75, 3.05) is 0 Å². The Hall–Kier alpha value is -0.795. The van der Waals surface area contributed by atoms with E-state index in [4.69, 9.17) is 4.65 Å². The Morgan fingerprint density at radius 1 is 1.07 bits per heavy atom. The monoisotopic (exact) mass is 203 g/mol. The van der Waals surface area contributed by atoms with Crippen molar-refractivity contribution in [3.8, 4) is 0 Å². The lowest BCUT2D eigenvalue weighted by molar-refractivity contribution is 0.0750. The maximum Gasteiger partial charge on any atom is 0.416 e. The molecule has 2 nitrogen and oxygen atoms in total. The summed E-state index contributed by atoms with van der Waals surface area (Å²) in [5, 5.41) is 3.51. The van der Waals surface area contributed by atoms with Crippen molar-refractivity contribution in [2.24, 2.45) is 0 Å². The average molecular weight is 203 g/mol. The molecule has 1 N–H and O–H groups in total. The van der Waals surface area contributed by atoms with E-state index in [0.29, 0.717) is 0 Å². The van der Waals surface area contributed by atoms with Crippen molar-refractivity contribution in [3.05, 3.63) is 30.3 Å². The molecule has 1 heterocycles. The van der Waals surface area contributed by atoms with Crippen LogP contribution in [0.4, 0.5) is 0 Å². The van der Waals surface area contributed by atoms with Crippen LogP contribution in [0.5, 0.6) is 0 Å². The molecule has 1 aromatic carbocycles. The van der Waals surface area contributed by atoms with Gasteiger partial charge >= 0.3 is 7.05 Å². The molecule has 1 aliphatic heterocycles. The van der Waals surface area contributed by atoms with Crippen LogP contribution in [0, 0.1) is 0 Å². The summed E-state index contributed by atoms with van der Waals surface area (Å²) in [6, 6.07) is 10.3. The number of rotatable bonds is 1. The molecule has 0 unspecified atom stereocenters. The van der Waals surface area contributed by atoms with Crippen LogP contribution in [0.15, 0.2) is 30.3 Å². The summed E-state index contributed by atoms with van der Waals surface area (Å²) in [6.07, 6.45) is 0. The fourth-order valence-electron chi connectivity index (χ4n) is 1.75. The second-order valence-electron chi connectivity index (χ2n) is 5.19. The third-order valence-corrected chi connectivity index (χ3v) is 3.51. The zero-order chi connectivity index (χ0) is 11.1. The van der Waals surface area contributed by atoms with E-state index >= 15 is 0 Å². The van der Waals surface area contributed by atoms with Crippen molar-refractivity contribution < 1.29 is 4.65 Å². The first-order valence-electron chi connectivity index (χ1n) is 5.43. The van der Waals surface area contributed by atoms with Crippen LogP contribution in [0.1, 0.15) is 27.7 Å². The van der Waals surface area contributed by atoms with E-state index in [9.17, 15) is 0 Å². The van der Waals surface area contributed by atoms with Gasteiger partial charge in [-0.1, -0.05) is 30.3 Å². The smallest absolute Gasteiger partial charge is 0.411 e. The Bertz CT molecular complexity index is 332. The molecule has 0 amide bonds. The summed E-state index contributed by atoms with van der Waals surface area (Å²) >= 11 is 0. The fourth-order valence-corrected chi connectivity index (χ4v) is 1.75. The second kappa shape index (κ2) is 3.36. The zero-order valence-corrected chi connectivity index (χ0v) is 9.87. The van der Waals surface area contributed by atoms with E-state index in [1.165, 1.54) is 5.46 Å². The van der Waals surface area contributed by atoms with E-state index in [2.05, 4.69) is 45.1 Å². The van der Waals surface area contributed by atoms with Gasteiger partial charge in [0.15, 0.2) is 0 Å². The van der Waals surface area contributed by atoms with Crippen LogP contribution in [0.3, 0.4) is 0 Å². The second-order valence-corrected chi connectivity index (χ2v) is 5.19. The molecular weight excluding hydrogens is 185 g/mol. The molecule has 1 aliphatic rings. The molecule has 2 rings (SSSR count). The molecule has 0 aliphatic carbocycles. The van der Waals surface area contributed by atoms with Crippen molar-refractivity contribution in [1.82, 2.24) is 5.23 Å². The van der Waals surface area contributed by atoms with Crippen molar-refractivity contribution in [2.45, 2.75) is 38.8 Å². The lowest BCUT2D eigenvalue weighted by Gasteiger charge is -2.33. The van der Waals surface area contributed by atoms with Crippen LogP contribution in [0.25, 0.3) is 0 Å². The van der Waals surface area contributed by atoms with Crippen molar-refractivity contribution in [3.63, 3.8) is 0 Å². The van der Waals surface area contributed by atoms with Gasteiger partial charge in [0.2, 0.25) is 0 Å². The van der Waals surface area contributed by atoms with E-state index < -0.39 is 0 Å². The fraction of sp³-hybridized carbons (Fsp3) is 0.500. The summed E-state index contributed by atoms with van der Waals surface area (Å²) in [7, 11) is 0.0104.